The first-order valence-corrected chi connectivity index (χ1v) is 3.67. The zero-order valence-corrected chi connectivity index (χ0v) is 6.91. The van der Waals surface area contributed by atoms with E-state index in [-0.39, 0.29) is 0 Å². The quantitative estimate of drug-likeness (QED) is 0.608. The lowest BCUT2D eigenvalue weighted by Gasteiger charge is -2.16. The van der Waals surface area contributed by atoms with Gasteiger partial charge in [-0.2, -0.15) is 0 Å². The molecule has 3 N–H and O–H groups in total. The third-order valence-corrected chi connectivity index (χ3v) is 1.69. The van der Waals surface area contributed by atoms with Gasteiger partial charge < -0.3 is 10.8 Å². The Balaban J connectivity index is 3.03. The maximum absolute atomic E-state index is 8.42. The molecule has 2 nitrogen and oxygen atoms in total. The standard InChI is InChI=1S/C10H11NO/c1-10(11,7-8-12)9-5-3-2-4-6-9/h2-6,12H,11H2,1H3. The van der Waals surface area contributed by atoms with Gasteiger partial charge in [-0.3, -0.25) is 0 Å². The van der Waals surface area contributed by atoms with E-state index in [1.807, 2.05) is 36.4 Å². The first kappa shape index (κ1) is 8.63. The van der Waals surface area contributed by atoms with Crippen molar-refractivity contribution in [3.8, 4) is 12.0 Å². The van der Waals surface area contributed by atoms with E-state index in [1.165, 1.54) is 0 Å². The molecular formula is C10H11NO. The zero-order chi connectivity index (χ0) is 9.03. The number of aliphatic hydroxyl groups is 1. The van der Waals surface area contributed by atoms with Crippen LogP contribution < -0.4 is 5.73 Å². The summed E-state index contributed by atoms with van der Waals surface area (Å²) in [4.78, 5) is 0. The number of hydrogen-bond donors (Lipinski definition) is 2. The van der Waals surface area contributed by atoms with Crippen molar-refractivity contribution in [3.05, 3.63) is 35.9 Å². The molecule has 0 spiro atoms. The van der Waals surface area contributed by atoms with Crippen LogP contribution in [0.1, 0.15) is 12.5 Å². The van der Waals surface area contributed by atoms with E-state index in [9.17, 15) is 0 Å². The number of nitrogens with two attached hydrogens (primary N) is 1. The largest absolute Gasteiger partial charge is 0.462 e. The minimum atomic E-state index is -0.768. The number of benzene rings is 1. The van der Waals surface area contributed by atoms with Crippen LogP contribution in [0.15, 0.2) is 30.3 Å². The molecule has 0 saturated carbocycles. The van der Waals surface area contributed by atoms with Gasteiger partial charge >= 0.3 is 0 Å². The highest BCUT2D eigenvalue weighted by atomic mass is 16.2. The van der Waals surface area contributed by atoms with E-state index in [2.05, 4.69) is 5.92 Å². The Morgan fingerprint density at radius 3 is 2.42 bits per heavy atom. The third kappa shape index (κ3) is 1.77. The van der Waals surface area contributed by atoms with Crippen molar-refractivity contribution in [3.63, 3.8) is 0 Å². The van der Waals surface area contributed by atoms with Crippen LogP contribution in [0.3, 0.4) is 0 Å². The van der Waals surface area contributed by atoms with Crippen molar-refractivity contribution < 1.29 is 5.11 Å². The smallest absolute Gasteiger partial charge is 0.109 e. The van der Waals surface area contributed by atoms with Crippen LogP contribution in [-0.2, 0) is 5.54 Å². The predicted molar refractivity (Wildman–Crippen MR) is 47.7 cm³/mol. The van der Waals surface area contributed by atoms with Crippen LogP contribution in [-0.4, -0.2) is 5.11 Å². The molecule has 0 aliphatic rings. The SMILES string of the molecule is CC(N)(C#CO)c1ccccc1. The summed E-state index contributed by atoms with van der Waals surface area (Å²) in [5, 5.41) is 8.42. The van der Waals surface area contributed by atoms with Gasteiger partial charge in [-0.1, -0.05) is 30.3 Å². The molecule has 0 fully saturated rings. The van der Waals surface area contributed by atoms with Crippen molar-refractivity contribution in [1.82, 2.24) is 0 Å². The third-order valence-electron chi connectivity index (χ3n) is 1.69. The fourth-order valence-corrected chi connectivity index (χ4v) is 0.973. The average Bonchev–Trinajstić information content (AvgIpc) is 2.06. The van der Waals surface area contributed by atoms with Crippen LogP contribution in [0.25, 0.3) is 0 Å². The highest BCUT2D eigenvalue weighted by Crippen LogP contribution is 2.15. The molecule has 1 aromatic carbocycles. The van der Waals surface area contributed by atoms with E-state index in [0.717, 1.165) is 5.56 Å². The first-order valence-electron chi connectivity index (χ1n) is 3.67. The number of aliphatic hydroxyl groups excluding tert-OH is 1. The Kier molecular flexibility index (Phi) is 2.37. The maximum Gasteiger partial charge on any atom is 0.109 e. The second-order valence-corrected chi connectivity index (χ2v) is 2.81. The summed E-state index contributed by atoms with van der Waals surface area (Å²) in [5.74, 6) is 2.52. The lowest BCUT2D eigenvalue weighted by molar-refractivity contribution is 0.510. The molecule has 1 atom stereocenters. The van der Waals surface area contributed by atoms with Crippen LogP contribution in [0, 0.1) is 12.0 Å². The monoisotopic (exact) mass is 161 g/mol. The summed E-state index contributed by atoms with van der Waals surface area (Å²) < 4.78 is 0. The lowest BCUT2D eigenvalue weighted by atomic mass is 9.94. The molecule has 1 rings (SSSR count). The average molecular weight is 161 g/mol. The van der Waals surface area contributed by atoms with Crippen molar-refractivity contribution in [1.29, 1.82) is 0 Å². The van der Waals surface area contributed by atoms with Gasteiger partial charge in [0, 0.05) is 0 Å². The van der Waals surface area contributed by atoms with Gasteiger partial charge in [0.2, 0.25) is 0 Å². The Bertz CT molecular complexity index is 306. The van der Waals surface area contributed by atoms with Crippen molar-refractivity contribution in [2.24, 2.45) is 5.73 Å². The highest BCUT2D eigenvalue weighted by Gasteiger charge is 2.17. The van der Waals surface area contributed by atoms with Crippen molar-refractivity contribution >= 4 is 0 Å². The molecule has 0 saturated heterocycles. The van der Waals surface area contributed by atoms with Crippen LogP contribution in [0.5, 0.6) is 0 Å². The minimum absolute atomic E-state index is 0.768. The van der Waals surface area contributed by atoms with Gasteiger partial charge in [-0.05, 0) is 18.4 Å². The van der Waals surface area contributed by atoms with Crippen LogP contribution in [0.2, 0.25) is 0 Å². The summed E-state index contributed by atoms with van der Waals surface area (Å²) in [5.41, 5.74) is 5.94. The summed E-state index contributed by atoms with van der Waals surface area (Å²) in [7, 11) is 0. The molecule has 0 amide bonds. The highest BCUT2D eigenvalue weighted by molar-refractivity contribution is 5.31. The van der Waals surface area contributed by atoms with Gasteiger partial charge in [0.15, 0.2) is 0 Å². The molecular weight excluding hydrogens is 150 g/mol. The fourth-order valence-electron chi connectivity index (χ4n) is 0.973. The number of rotatable bonds is 1. The summed E-state index contributed by atoms with van der Waals surface area (Å²) in [6, 6.07) is 9.44. The van der Waals surface area contributed by atoms with Crippen LogP contribution in [0.4, 0.5) is 0 Å². The molecule has 0 bridgehead atoms. The minimum Gasteiger partial charge on any atom is -0.462 e. The van der Waals surface area contributed by atoms with E-state index < -0.39 is 5.54 Å². The van der Waals surface area contributed by atoms with Gasteiger partial charge in [-0.15, -0.1) is 0 Å². The maximum atomic E-state index is 8.42. The zero-order valence-electron chi connectivity index (χ0n) is 6.91. The number of hydrogen-bond acceptors (Lipinski definition) is 2. The molecule has 0 aromatic heterocycles. The Morgan fingerprint density at radius 2 is 1.92 bits per heavy atom. The van der Waals surface area contributed by atoms with E-state index in [4.69, 9.17) is 10.8 Å². The Morgan fingerprint density at radius 1 is 1.33 bits per heavy atom. The second kappa shape index (κ2) is 3.29. The van der Waals surface area contributed by atoms with E-state index >= 15 is 0 Å². The Labute approximate surface area is 72.0 Å². The van der Waals surface area contributed by atoms with Gasteiger partial charge in [0.25, 0.3) is 0 Å². The summed E-state index contributed by atoms with van der Waals surface area (Å²) in [6.45, 7) is 1.76. The van der Waals surface area contributed by atoms with Crippen molar-refractivity contribution in [2.75, 3.05) is 0 Å². The fraction of sp³-hybridized carbons (Fsp3) is 0.200. The van der Waals surface area contributed by atoms with Gasteiger partial charge in [0.05, 0.1) is 0 Å². The molecule has 1 unspecified atom stereocenters. The first-order chi connectivity index (χ1) is 5.67. The normalized spacial score (nSPS) is 14.2. The molecule has 1 aromatic rings. The molecule has 2 heteroatoms. The molecule has 62 valence electrons. The van der Waals surface area contributed by atoms with E-state index in [1.54, 1.807) is 6.92 Å². The van der Waals surface area contributed by atoms with Crippen molar-refractivity contribution in [2.45, 2.75) is 12.5 Å². The van der Waals surface area contributed by atoms with E-state index in [0.29, 0.717) is 0 Å². The molecule has 0 radical (unpaired) electrons. The summed E-state index contributed by atoms with van der Waals surface area (Å²) >= 11 is 0. The van der Waals surface area contributed by atoms with Crippen LogP contribution >= 0.6 is 0 Å². The molecule has 0 aliphatic carbocycles. The summed E-state index contributed by atoms with van der Waals surface area (Å²) in [6.07, 6.45) is 1.83. The molecule has 0 heterocycles. The molecule has 12 heavy (non-hydrogen) atoms. The topological polar surface area (TPSA) is 46.2 Å². The lowest BCUT2D eigenvalue weighted by Crippen LogP contribution is -2.30. The molecule has 0 aliphatic heterocycles. The predicted octanol–water partition coefficient (Wildman–Crippen LogP) is 1.19. The van der Waals surface area contributed by atoms with Gasteiger partial charge in [0.1, 0.15) is 11.6 Å². The second-order valence-electron chi connectivity index (χ2n) is 2.81. The van der Waals surface area contributed by atoms with Gasteiger partial charge in [-0.25, -0.2) is 0 Å². The Hall–Kier alpha value is -1.46.